The van der Waals surface area contributed by atoms with E-state index in [2.05, 4.69) is 0 Å². The molecule has 0 saturated carbocycles. The number of hydrogen-bond donors (Lipinski definition) is 0. The van der Waals surface area contributed by atoms with Crippen LogP contribution in [0, 0.1) is 10.1 Å². The SMILES string of the molecule is CC(=O)C(=O)[O-].O=C(c1ccccc1)c1cc([N+](=O)[O-])ccc1Cl.[K+]. The molecule has 0 radical (unpaired) electrons. The molecule has 0 aliphatic heterocycles. The van der Waals surface area contributed by atoms with Crippen LogP contribution in [0.1, 0.15) is 22.8 Å². The molecule has 0 bridgehead atoms. The van der Waals surface area contributed by atoms with Gasteiger partial charge in [0.1, 0.15) is 5.97 Å². The first-order valence-corrected chi connectivity index (χ1v) is 6.87. The standard InChI is InChI=1S/C13H8ClNO3.C3H4O3.K/c14-12-7-6-10(15(17)18)8-11(12)13(16)9-4-2-1-3-5-9;1-2(4)3(5)6;/h1-8H;1H3,(H,5,6);/q;;+1/p-1. The van der Waals surface area contributed by atoms with E-state index in [1.807, 2.05) is 0 Å². The molecule has 2 aromatic rings. The van der Waals surface area contributed by atoms with Gasteiger partial charge < -0.3 is 9.90 Å². The third kappa shape index (κ3) is 7.55. The number of halogens is 1. The molecule has 2 aromatic carbocycles. The molecule has 0 amide bonds. The third-order valence-electron chi connectivity index (χ3n) is 2.73. The molecule has 0 heterocycles. The zero-order valence-electron chi connectivity index (χ0n) is 13.4. The Labute approximate surface area is 190 Å². The van der Waals surface area contributed by atoms with Crippen LogP contribution in [-0.2, 0) is 9.59 Å². The second kappa shape index (κ2) is 11.2. The molecule has 2 rings (SSSR count). The molecule has 0 aliphatic rings. The van der Waals surface area contributed by atoms with Crippen molar-refractivity contribution in [2.24, 2.45) is 0 Å². The second-order valence-corrected chi connectivity index (χ2v) is 4.87. The number of ketones is 2. The molecule has 0 aromatic heterocycles. The number of nitro groups is 1. The summed E-state index contributed by atoms with van der Waals surface area (Å²) in [4.78, 5) is 41.0. The van der Waals surface area contributed by atoms with Crippen molar-refractivity contribution < 1.29 is 75.8 Å². The fourth-order valence-electron chi connectivity index (χ4n) is 1.55. The van der Waals surface area contributed by atoms with Crippen LogP contribution in [0.25, 0.3) is 0 Å². The van der Waals surface area contributed by atoms with Crippen molar-refractivity contribution in [1.29, 1.82) is 0 Å². The minimum atomic E-state index is -1.63. The van der Waals surface area contributed by atoms with Crippen molar-refractivity contribution in [3.8, 4) is 0 Å². The number of nitro benzene ring substituents is 1. The number of rotatable bonds is 4. The zero-order chi connectivity index (χ0) is 18.3. The monoisotopic (exact) mass is 387 g/mol. The third-order valence-corrected chi connectivity index (χ3v) is 3.06. The first-order chi connectivity index (χ1) is 11.2. The van der Waals surface area contributed by atoms with Crippen molar-refractivity contribution >= 4 is 34.8 Å². The Morgan fingerprint density at radius 2 is 1.56 bits per heavy atom. The smallest absolute Gasteiger partial charge is 0.542 e. The van der Waals surface area contributed by atoms with Crippen LogP contribution in [0.2, 0.25) is 5.02 Å². The summed E-state index contributed by atoms with van der Waals surface area (Å²) >= 11 is 5.90. The summed E-state index contributed by atoms with van der Waals surface area (Å²) in [6, 6.07) is 12.3. The average Bonchev–Trinajstić information content (AvgIpc) is 2.55. The number of carbonyl (C=O) groups excluding carboxylic acids is 3. The van der Waals surface area contributed by atoms with Gasteiger partial charge in [0.15, 0.2) is 11.6 Å². The molecule has 0 fully saturated rings. The first-order valence-electron chi connectivity index (χ1n) is 6.49. The van der Waals surface area contributed by atoms with Crippen LogP contribution in [0.3, 0.4) is 0 Å². The van der Waals surface area contributed by atoms with Crippen molar-refractivity contribution in [3.63, 3.8) is 0 Å². The van der Waals surface area contributed by atoms with E-state index in [0.29, 0.717) is 5.56 Å². The fourth-order valence-corrected chi connectivity index (χ4v) is 1.75. The van der Waals surface area contributed by atoms with Gasteiger partial charge in [-0.3, -0.25) is 19.7 Å². The number of carboxylic acid groups (broad SMARTS) is 1. The fraction of sp³-hybridized carbons (Fsp3) is 0.0625. The molecule has 9 heteroatoms. The van der Waals surface area contributed by atoms with Gasteiger partial charge in [-0.25, -0.2) is 0 Å². The Hall–Kier alpha value is -1.42. The van der Waals surface area contributed by atoms with Crippen molar-refractivity contribution in [2.45, 2.75) is 6.92 Å². The maximum atomic E-state index is 12.1. The van der Waals surface area contributed by atoms with Crippen molar-refractivity contribution in [3.05, 3.63) is 74.8 Å². The average molecular weight is 388 g/mol. The number of carboxylic acids is 1. The summed E-state index contributed by atoms with van der Waals surface area (Å²) in [6.45, 7) is 0.940. The summed E-state index contributed by atoms with van der Waals surface area (Å²) in [6.07, 6.45) is 0. The molecule has 0 N–H and O–H groups in total. The number of carbonyl (C=O) groups is 3. The Balaban J connectivity index is 0.000000715. The molecular weight excluding hydrogens is 377 g/mol. The van der Waals surface area contributed by atoms with E-state index in [-0.39, 0.29) is 73.4 Å². The van der Waals surface area contributed by atoms with Crippen LogP contribution >= 0.6 is 11.6 Å². The maximum absolute atomic E-state index is 12.1. The molecular formula is C16H11ClKNO6. The van der Waals surface area contributed by atoms with Crippen LogP contribution in [-0.4, -0.2) is 22.5 Å². The van der Waals surface area contributed by atoms with Gasteiger partial charge in [0.05, 0.1) is 9.95 Å². The molecule has 25 heavy (non-hydrogen) atoms. The number of nitrogens with zero attached hydrogens (tertiary/aromatic N) is 1. The first kappa shape index (κ1) is 23.6. The Morgan fingerprint density at radius 1 is 1.04 bits per heavy atom. The second-order valence-electron chi connectivity index (χ2n) is 4.46. The van der Waals surface area contributed by atoms with Gasteiger partial charge in [-0.15, -0.1) is 0 Å². The summed E-state index contributed by atoms with van der Waals surface area (Å²) < 4.78 is 0. The van der Waals surface area contributed by atoms with E-state index in [9.17, 15) is 29.6 Å². The molecule has 124 valence electrons. The number of benzene rings is 2. The minimum absolute atomic E-state index is 0. The molecule has 0 spiro atoms. The predicted octanol–water partition coefficient (Wildman–Crippen LogP) is -1.19. The number of hydrogen-bond acceptors (Lipinski definition) is 6. The normalized spacial score (nSPS) is 9.04. The largest absolute Gasteiger partial charge is 1.00 e. The summed E-state index contributed by atoms with van der Waals surface area (Å²) in [5.74, 6) is -2.89. The van der Waals surface area contributed by atoms with E-state index < -0.39 is 16.7 Å². The van der Waals surface area contributed by atoms with Gasteiger partial charge in [-0.05, 0) is 6.07 Å². The Bertz CT molecular complexity index is 782. The molecule has 0 aliphatic carbocycles. The van der Waals surface area contributed by atoms with Crippen LogP contribution < -0.4 is 56.5 Å². The molecule has 7 nitrogen and oxygen atoms in total. The van der Waals surface area contributed by atoms with E-state index in [1.54, 1.807) is 30.3 Å². The van der Waals surface area contributed by atoms with Gasteiger partial charge in [-0.1, -0.05) is 41.9 Å². The van der Waals surface area contributed by atoms with Gasteiger partial charge in [0.2, 0.25) is 0 Å². The topological polar surface area (TPSA) is 117 Å². The van der Waals surface area contributed by atoms with Crippen LogP contribution in [0.15, 0.2) is 48.5 Å². The van der Waals surface area contributed by atoms with E-state index in [1.165, 1.54) is 18.2 Å². The number of aliphatic carboxylic acids is 1. The van der Waals surface area contributed by atoms with Crippen LogP contribution in [0.4, 0.5) is 5.69 Å². The molecule has 0 unspecified atom stereocenters. The van der Waals surface area contributed by atoms with E-state index in [4.69, 9.17) is 11.6 Å². The Kier molecular flexibility index (Phi) is 10.6. The van der Waals surface area contributed by atoms with Gasteiger partial charge in [-0.2, -0.15) is 0 Å². The maximum Gasteiger partial charge on any atom is 1.00 e. The number of non-ortho nitro benzene ring substituents is 1. The summed E-state index contributed by atoms with van der Waals surface area (Å²) in [5.41, 5.74) is 0.427. The van der Waals surface area contributed by atoms with Gasteiger partial charge in [0.25, 0.3) is 5.69 Å². The van der Waals surface area contributed by atoms with Crippen LogP contribution in [0.5, 0.6) is 0 Å². The van der Waals surface area contributed by atoms with Crippen molar-refractivity contribution in [1.82, 2.24) is 0 Å². The molecule has 0 atom stereocenters. The quantitative estimate of drug-likeness (QED) is 0.214. The summed E-state index contributed by atoms with van der Waals surface area (Å²) in [7, 11) is 0. The van der Waals surface area contributed by atoms with Crippen molar-refractivity contribution in [2.75, 3.05) is 0 Å². The molecule has 0 saturated heterocycles. The predicted molar refractivity (Wildman–Crippen MR) is 83.7 cm³/mol. The van der Waals surface area contributed by atoms with E-state index in [0.717, 1.165) is 6.92 Å². The Morgan fingerprint density at radius 3 is 2.00 bits per heavy atom. The van der Waals surface area contributed by atoms with Gasteiger partial charge >= 0.3 is 51.4 Å². The zero-order valence-corrected chi connectivity index (χ0v) is 17.3. The minimum Gasteiger partial charge on any atom is -0.542 e. The van der Waals surface area contributed by atoms with E-state index >= 15 is 0 Å². The summed E-state index contributed by atoms with van der Waals surface area (Å²) in [5, 5.41) is 20.1. The van der Waals surface area contributed by atoms with Gasteiger partial charge in [0, 0.05) is 30.2 Å². The number of Topliss-reactive ketones (excluding diaryl/α,β-unsaturated/α-hetero) is 1.